The predicted octanol–water partition coefficient (Wildman–Crippen LogP) is 3.85. The lowest BCUT2D eigenvalue weighted by Crippen LogP contribution is -2.53. The lowest BCUT2D eigenvalue weighted by Gasteiger charge is -2.34. The Kier molecular flexibility index (Phi) is 6.88. The van der Waals surface area contributed by atoms with Crippen LogP contribution in [0.5, 0.6) is 0 Å². The zero-order chi connectivity index (χ0) is 20.7. The van der Waals surface area contributed by atoms with Gasteiger partial charge in [-0.3, -0.25) is 0 Å². The van der Waals surface area contributed by atoms with Crippen LogP contribution < -0.4 is 16.0 Å². The molecule has 2 aromatic rings. The quantitative estimate of drug-likeness (QED) is 0.546. The third-order valence-corrected chi connectivity index (χ3v) is 5.62. The largest absolute Gasteiger partial charge is 0.478 e. The summed E-state index contributed by atoms with van der Waals surface area (Å²) in [6.07, 6.45) is 4.41. The Balaban J connectivity index is 1.50. The molecule has 154 valence electrons. The molecule has 0 radical (unpaired) electrons. The summed E-state index contributed by atoms with van der Waals surface area (Å²) in [5, 5.41) is 18.6. The van der Waals surface area contributed by atoms with Crippen molar-refractivity contribution >= 4 is 12.0 Å². The summed E-state index contributed by atoms with van der Waals surface area (Å²) in [7, 11) is 0. The minimum atomic E-state index is -0.957. The van der Waals surface area contributed by atoms with Gasteiger partial charge >= 0.3 is 12.0 Å². The lowest BCUT2D eigenvalue weighted by molar-refractivity contribution is 0.0697. The first-order chi connectivity index (χ1) is 14.0. The third kappa shape index (κ3) is 5.81. The molecule has 2 amide bonds. The Morgan fingerprint density at radius 2 is 1.66 bits per heavy atom. The number of hydrogen-bond donors (Lipinski definition) is 4. The van der Waals surface area contributed by atoms with E-state index in [0.717, 1.165) is 31.2 Å². The lowest BCUT2D eigenvalue weighted by atomic mass is 9.94. The summed E-state index contributed by atoms with van der Waals surface area (Å²) in [6.45, 7) is 3.09. The van der Waals surface area contributed by atoms with Gasteiger partial charge in [-0.1, -0.05) is 55.3 Å². The van der Waals surface area contributed by atoms with Gasteiger partial charge in [-0.25, -0.2) is 9.59 Å². The van der Waals surface area contributed by atoms with Gasteiger partial charge in [-0.05, 0) is 43.0 Å². The number of aromatic carboxylic acids is 1. The fourth-order valence-electron chi connectivity index (χ4n) is 3.97. The normalized spacial score (nSPS) is 16.2. The van der Waals surface area contributed by atoms with E-state index in [1.54, 1.807) is 24.3 Å². The number of carbonyl (C=O) groups excluding carboxylic acids is 1. The van der Waals surface area contributed by atoms with E-state index in [9.17, 15) is 9.59 Å². The molecular weight excluding hydrogens is 366 g/mol. The van der Waals surface area contributed by atoms with Crippen LogP contribution in [0.1, 0.15) is 60.1 Å². The molecule has 0 aliphatic heterocycles. The minimum Gasteiger partial charge on any atom is -0.478 e. The van der Waals surface area contributed by atoms with Crippen molar-refractivity contribution in [3.63, 3.8) is 0 Å². The number of carboxylic acids is 1. The molecule has 1 aliphatic rings. The topological polar surface area (TPSA) is 90.5 Å². The van der Waals surface area contributed by atoms with Gasteiger partial charge in [-0.15, -0.1) is 0 Å². The van der Waals surface area contributed by atoms with E-state index < -0.39 is 5.97 Å². The summed E-state index contributed by atoms with van der Waals surface area (Å²) in [4.78, 5) is 23.2. The smallest absolute Gasteiger partial charge is 0.335 e. The first-order valence-electron chi connectivity index (χ1n) is 10.1. The Morgan fingerprint density at radius 1 is 1.00 bits per heavy atom. The van der Waals surface area contributed by atoms with Gasteiger partial charge in [0.05, 0.1) is 5.56 Å². The van der Waals surface area contributed by atoms with Crippen molar-refractivity contribution in [2.24, 2.45) is 0 Å². The maximum absolute atomic E-state index is 12.3. The van der Waals surface area contributed by atoms with Crippen molar-refractivity contribution < 1.29 is 14.7 Å². The van der Waals surface area contributed by atoms with Gasteiger partial charge in [0.2, 0.25) is 0 Å². The van der Waals surface area contributed by atoms with Gasteiger partial charge in [-0.2, -0.15) is 0 Å². The van der Waals surface area contributed by atoms with Crippen LogP contribution in [0.15, 0.2) is 54.6 Å². The van der Waals surface area contributed by atoms with Crippen LogP contribution in [-0.2, 0) is 6.54 Å². The van der Waals surface area contributed by atoms with Crippen molar-refractivity contribution in [1.82, 2.24) is 16.0 Å². The van der Waals surface area contributed by atoms with Crippen LogP contribution in [-0.4, -0.2) is 29.2 Å². The van der Waals surface area contributed by atoms with E-state index in [0.29, 0.717) is 13.1 Å². The number of nitrogens with one attached hydrogen (secondary N) is 3. The Hall–Kier alpha value is -2.86. The van der Waals surface area contributed by atoms with Crippen molar-refractivity contribution in [3.8, 4) is 0 Å². The van der Waals surface area contributed by atoms with Crippen LogP contribution in [0.3, 0.4) is 0 Å². The number of amides is 2. The first kappa shape index (κ1) is 20.9. The summed E-state index contributed by atoms with van der Waals surface area (Å²) in [6, 6.07) is 16.9. The zero-order valence-electron chi connectivity index (χ0n) is 16.8. The summed E-state index contributed by atoms with van der Waals surface area (Å²) in [5.41, 5.74) is 2.25. The van der Waals surface area contributed by atoms with Gasteiger partial charge < -0.3 is 21.1 Å². The van der Waals surface area contributed by atoms with E-state index in [1.807, 2.05) is 18.2 Å². The van der Waals surface area contributed by atoms with Crippen molar-refractivity contribution in [1.29, 1.82) is 0 Å². The van der Waals surface area contributed by atoms with Crippen LogP contribution in [0.2, 0.25) is 0 Å². The molecule has 3 rings (SSSR count). The molecule has 1 aliphatic carbocycles. The molecule has 6 nitrogen and oxygen atoms in total. The standard InChI is InChI=1S/C23H29N3O3/c1-17(19-7-3-2-4-8-19)26-23(13-5-6-14-23)16-25-22(29)24-15-18-9-11-20(12-10-18)21(27)28/h2-4,7-12,17,26H,5-6,13-16H2,1H3,(H,27,28)(H2,24,25,29). The number of benzene rings is 2. The molecule has 2 aromatic carbocycles. The highest BCUT2D eigenvalue weighted by Gasteiger charge is 2.35. The summed E-state index contributed by atoms with van der Waals surface area (Å²) < 4.78 is 0. The molecule has 1 saturated carbocycles. The molecule has 0 spiro atoms. The van der Waals surface area contributed by atoms with E-state index in [-0.39, 0.29) is 23.2 Å². The van der Waals surface area contributed by atoms with Gasteiger partial charge in [0, 0.05) is 24.7 Å². The number of hydrogen-bond acceptors (Lipinski definition) is 3. The number of carbonyl (C=O) groups is 2. The maximum atomic E-state index is 12.3. The molecule has 0 heterocycles. The Morgan fingerprint density at radius 3 is 2.28 bits per heavy atom. The van der Waals surface area contributed by atoms with Crippen molar-refractivity contribution in [2.75, 3.05) is 6.54 Å². The third-order valence-electron chi connectivity index (χ3n) is 5.62. The monoisotopic (exact) mass is 395 g/mol. The van der Waals surface area contributed by atoms with Crippen molar-refractivity contribution in [3.05, 3.63) is 71.3 Å². The van der Waals surface area contributed by atoms with Gasteiger partial charge in [0.25, 0.3) is 0 Å². The fourth-order valence-corrected chi connectivity index (χ4v) is 3.97. The number of urea groups is 1. The molecule has 1 unspecified atom stereocenters. The number of rotatable bonds is 8. The Labute approximate surface area is 171 Å². The SMILES string of the molecule is CC(NC1(CNC(=O)NCc2ccc(C(=O)O)cc2)CCCC1)c1ccccc1. The Bertz CT molecular complexity index is 815. The van der Waals surface area contributed by atoms with E-state index >= 15 is 0 Å². The van der Waals surface area contributed by atoms with Crippen LogP contribution in [0.4, 0.5) is 4.79 Å². The van der Waals surface area contributed by atoms with Crippen LogP contribution in [0, 0.1) is 0 Å². The van der Waals surface area contributed by atoms with E-state index in [2.05, 4.69) is 35.0 Å². The highest BCUT2D eigenvalue weighted by atomic mass is 16.4. The second kappa shape index (κ2) is 9.56. The van der Waals surface area contributed by atoms with Gasteiger partial charge in [0.1, 0.15) is 0 Å². The molecule has 0 aromatic heterocycles. The predicted molar refractivity (Wildman–Crippen MR) is 113 cm³/mol. The summed E-state index contributed by atoms with van der Waals surface area (Å²) >= 11 is 0. The van der Waals surface area contributed by atoms with E-state index in [4.69, 9.17) is 5.11 Å². The highest BCUT2D eigenvalue weighted by molar-refractivity contribution is 5.87. The maximum Gasteiger partial charge on any atom is 0.335 e. The number of carboxylic acid groups (broad SMARTS) is 1. The average Bonchev–Trinajstić information content (AvgIpc) is 3.20. The molecule has 6 heteroatoms. The summed E-state index contributed by atoms with van der Waals surface area (Å²) in [5.74, 6) is -0.957. The molecule has 1 atom stereocenters. The first-order valence-corrected chi connectivity index (χ1v) is 10.1. The minimum absolute atomic E-state index is 0.0876. The molecular formula is C23H29N3O3. The second-order valence-corrected chi connectivity index (χ2v) is 7.80. The molecule has 0 bridgehead atoms. The van der Waals surface area contributed by atoms with Crippen LogP contribution in [0.25, 0.3) is 0 Å². The van der Waals surface area contributed by atoms with Crippen molar-refractivity contribution in [2.45, 2.75) is 50.7 Å². The van der Waals surface area contributed by atoms with Gasteiger partial charge in [0.15, 0.2) is 0 Å². The zero-order valence-corrected chi connectivity index (χ0v) is 16.8. The second-order valence-electron chi connectivity index (χ2n) is 7.80. The molecule has 0 saturated heterocycles. The molecule has 1 fully saturated rings. The fraction of sp³-hybridized carbons (Fsp3) is 0.391. The van der Waals surface area contributed by atoms with Crippen LogP contribution >= 0.6 is 0 Å². The van der Waals surface area contributed by atoms with E-state index in [1.165, 1.54) is 5.56 Å². The molecule has 4 N–H and O–H groups in total. The average molecular weight is 396 g/mol. The highest BCUT2D eigenvalue weighted by Crippen LogP contribution is 2.31. The molecule has 29 heavy (non-hydrogen) atoms.